The molecule has 0 amide bonds. The molecule has 0 saturated carbocycles. The minimum absolute atomic E-state index is 0.0188. The van der Waals surface area contributed by atoms with E-state index in [1.807, 2.05) is 71.2 Å². The number of likely N-dealkylation sites (N-methyl/N-ethyl adjacent to an activating group) is 1. The summed E-state index contributed by atoms with van der Waals surface area (Å²) >= 11 is 0. The monoisotopic (exact) mass is 391 g/mol. The molecule has 1 aliphatic heterocycles. The van der Waals surface area contributed by atoms with Crippen molar-refractivity contribution in [3.8, 4) is 5.75 Å². The van der Waals surface area contributed by atoms with Crippen molar-refractivity contribution in [2.75, 3.05) is 37.5 Å². The summed E-state index contributed by atoms with van der Waals surface area (Å²) in [7, 11) is 3.50. The van der Waals surface area contributed by atoms with Crippen molar-refractivity contribution < 1.29 is 9.84 Å². The highest BCUT2D eigenvalue weighted by molar-refractivity contribution is 5.69. The van der Waals surface area contributed by atoms with E-state index < -0.39 is 0 Å². The van der Waals surface area contributed by atoms with E-state index in [4.69, 9.17) is 14.7 Å². The summed E-state index contributed by atoms with van der Waals surface area (Å²) in [5.41, 5.74) is 2.75. The fourth-order valence-corrected chi connectivity index (χ4v) is 3.10. The molecule has 1 aromatic heterocycles. The van der Waals surface area contributed by atoms with Gasteiger partial charge in [0.2, 0.25) is 0 Å². The van der Waals surface area contributed by atoms with Crippen molar-refractivity contribution in [1.82, 2.24) is 14.7 Å². The topological polar surface area (TPSA) is 85.9 Å². The maximum absolute atomic E-state index is 9.32. The van der Waals surface area contributed by atoms with Crippen molar-refractivity contribution in [2.24, 2.45) is 5.11 Å². The van der Waals surface area contributed by atoms with Gasteiger partial charge >= 0.3 is 11.8 Å². The van der Waals surface area contributed by atoms with Crippen molar-refractivity contribution in [2.45, 2.75) is 6.54 Å². The zero-order valence-electron chi connectivity index (χ0n) is 16.4. The molecular weight excluding hydrogens is 368 g/mol. The smallest absolute Gasteiger partial charge is 0.361 e. The largest absolute Gasteiger partial charge is 0.497 e. The molecule has 3 aromatic rings. The van der Waals surface area contributed by atoms with Gasteiger partial charge in [0, 0.05) is 24.3 Å². The Morgan fingerprint density at radius 1 is 1.10 bits per heavy atom. The Hall–Kier alpha value is -3.52. The Kier molecular flexibility index (Phi) is 5.35. The molecule has 0 fully saturated rings. The maximum atomic E-state index is 9.32. The third-order valence-corrected chi connectivity index (χ3v) is 4.67. The Balaban J connectivity index is 1.75. The molecule has 2 N–H and O–H groups in total. The van der Waals surface area contributed by atoms with Gasteiger partial charge in [-0.25, -0.2) is 0 Å². The molecule has 0 atom stereocenters. The lowest BCUT2D eigenvalue weighted by Gasteiger charge is -2.14. The Labute approximate surface area is 169 Å². The lowest BCUT2D eigenvalue weighted by atomic mass is 10.2. The van der Waals surface area contributed by atoms with Gasteiger partial charge in [0.15, 0.2) is 11.5 Å². The Morgan fingerprint density at radius 2 is 1.86 bits per heavy atom. The minimum atomic E-state index is 0.0188. The summed E-state index contributed by atoms with van der Waals surface area (Å²) in [5.74, 6) is 2.74. The first-order chi connectivity index (χ1) is 14.2. The van der Waals surface area contributed by atoms with Crippen LogP contribution in [0.3, 0.4) is 0 Å². The predicted octanol–water partition coefficient (Wildman–Crippen LogP) is 3.46. The predicted molar refractivity (Wildman–Crippen MR) is 113 cm³/mol. The number of methoxy groups -OCH3 is 1. The number of anilines is 3. The molecule has 0 radical (unpaired) electrons. The van der Waals surface area contributed by atoms with Crippen LogP contribution in [0.4, 0.5) is 29.0 Å². The van der Waals surface area contributed by atoms with Crippen LogP contribution in [0.2, 0.25) is 0 Å². The van der Waals surface area contributed by atoms with Crippen LogP contribution in [-0.4, -0.2) is 42.4 Å². The van der Waals surface area contributed by atoms with Gasteiger partial charge in [-0.15, -0.1) is 5.11 Å². The van der Waals surface area contributed by atoms with E-state index in [0.29, 0.717) is 24.9 Å². The Morgan fingerprint density at radius 3 is 2.55 bits per heavy atom. The molecule has 2 heterocycles. The molecule has 0 unspecified atom stereocenters. The Bertz CT molecular complexity index is 1020. The highest BCUT2D eigenvalue weighted by Crippen LogP contribution is 2.35. The van der Waals surface area contributed by atoms with Gasteiger partial charge in [0.1, 0.15) is 17.9 Å². The van der Waals surface area contributed by atoms with E-state index in [9.17, 15) is 5.11 Å². The zero-order chi connectivity index (χ0) is 20.2. The van der Waals surface area contributed by atoms with Gasteiger partial charge in [-0.2, -0.15) is 4.98 Å². The highest BCUT2D eigenvalue weighted by Gasteiger charge is 2.33. The van der Waals surface area contributed by atoms with Crippen LogP contribution in [0.25, 0.3) is 0 Å². The van der Waals surface area contributed by atoms with Crippen molar-refractivity contribution in [1.29, 1.82) is 0 Å². The number of aromatic nitrogens is 2. The number of hydrogen-bond acceptors (Lipinski definition) is 7. The number of benzene rings is 2. The summed E-state index contributed by atoms with van der Waals surface area (Å²) in [6.07, 6.45) is 0. The molecule has 1 aliphatic rings. The van der Waals surface area contributed by atoms with E-state index >= 15 is 0 Å². The number of hydrogen-bond donors (Lipinski definition) is 2. The summed E-state index contributed by atoms with van der Waals surface area (Å²) in [6.45, 7) is 0.931. The van der Waals surface area contributed by atoms with Crippen LogP contribution in [-0.2, 0) is 6.54 Å². The maximum Gasteiger partial charge on any atom is 0.361 e. The fourth-order valence-electron chi connectivity index (χ4n) is 3.10. The summed E-state index contributed by atoms with van der Waals surface area (Å²) < 4.78 is 7.07. The molecule has 4 rings (SSSR count). The van der Waals surface area contributed by atoms with Gasteiger partial charge in [0.25, 0.3) is 0 Å². The molecule has 29 heavy (non-hydrogen) atoms. The van der Waals surface area contributed by atoms with E-state index in [2.05, 4.69) is 10.4 Å². The second-order valence-corrected chi connectivity index (χ2v) is 6.62. The summed E-state index contributed by atoms with van der Waals surface area (Å²) in [6, 6.07) is 17.6. The van der Waals surface area contributed by atoms with Gasteiger partial charge in [-0.1, -0.05) is 22.9 Å². The normalized spacial score (nSPS) is 12.3. The molecule has 0 spiro atoms. The lowest BCUT2D eigenvalue weighted by Crippen LogP contribution is -2.24. The second kappa shape index (κ2) is 8.24. The number of aliphatic hydroxyl groups is 1. The standard InChI is InChI=1S/C21H23N6O2/c1-26(12-13-28)21-24-19(23-15-8-10-17(29-2)11-9-15)18-14-22-27(20(18)25-21)16-6-4-3-5-7-16/h3-11,28H,12-14H2,1-2H3,(H,23,24,25)/q+1. The number of para-hydroxylation sites is 1. The second-order valence-electron chi connectivity index (χ2n) is 6.62. The van der Waals surface area contributed by atoms with Gasteiger partial charge in [-0.3, -0.25) is 0 Å². The van der Waals surface area contributed by atoms with Crippen molar-refractivity contribution in [3.05, 3.63) is 60.2 Å². The molecule has 8 nitrogen and oxygen atoms in total. The fraction of sp³-hybridized carbons (Fsp3) is 0.238. The minimum Gasteiger partial charge on any atom is -0.497 e. The van der Waals surface area contributed by atoms with Gasteiger partial charge in [0.05, 0.1) is 13.7 Å². The van der Waals surface area contributed by atoms with Crippen LogP contribution < -0.4 is 19.7 Å². The quantitative estimate of drug-likeness (QED) is 0.600. The van der Waals surface area contributed by atoms with Crippen LogP contribution in [0.1, 0.15) is 5.56 Å². The van der Waals surface area contributed by atoms with Crippen LogP contribution in [0.15, 0.2) is 59.7 Å². The summed E-state index contributed by atoms with van der Waals surface area (Å²) in [5, 5.41) is 17.4. The van der Waals surface area contributed by atoms with E-state index in [0.717, 1.165) is 28.5 Å². The number of nitrogens with one attached hydrogen (secondary N) is 1. The first kappa shape index (κ1) is 18.8. The highest BCUT2D eigenvalue weighted by atomic mass is 16.5. The number of azo groups is 2. The SMILES string of the molecule is COc1ccc(Nc2nc(N(C)CCO)nc3c2CN=[N+]3c2ccccc2)cc1. The lowest BCUT2D eigenvalue weighted by molar-refractivity contribution is 0.303. The zero-order valence-corrected chi connectivity index (χ0v) is 16.4. The van der Waals surface area contributed by atoms with Crippen molar-refractivity contribution in [3.63, 3.8) is 0 Å². The molecule has 0 saturated heterocycles. The first-order valence-corrected chi connectivity index (χ1v) is 9.36. The molecule has 2 aromatic carbocycles. The third kappa shape index (κ3) is 3.88. The molecule has 0 bridgehead atoms. The third-order valence-electron chi connectivity index (χ3n) is 4.67. The van der Waals surface area contributed by atoms with Crippen molar-refractivity contribution >= 4 is 29.0 Å². The van der Waals surface area contributed by atoms with Crippen LogP contribution in [0, 0.1) is 0 Å². The molecule has 148 valence electrons. The number of rotatable bonds is 7. The molecule has 8 heteroatoms. The van der Waals surface area contributed by atoms with Crippen LogP contribution >= 0.6 is 0 Å². The first-order valence-electron chi connectivity index (χ1n) is 9.36. The number of aliphatic hydroxyl groups excluding tert-OH is 1. The van der Waals surface area contributed by atoms with E-state index in [1.54, 1.807) is 7.11 Å². The average molecular weight is 391 g/mol. The summed E-state index contributed by atoms with van der Waals surface area (Å²) in [4.78, 5) is 11.3. The number of ether oxygens (including phenoxy) is 1. The van der Waals surface area contributed by atoms with Gasteiger partial charge in [-0.05, 0) is 36.4 Å². The molecular formula is C21H23N6O2+. The van der Waals surface area contributed by atoms with E-state index in [-0.39, 0.29) is 6.61 Å². The molecule has 0 aliphatic carbocycles. The average Bonchev–Trinajstić information content (AvgIpc) is 3.19. The van der Waals surface area contributed by atoms with Crippen LogP contribution in [0.5, 0.6) is 5.75 Å². The van der Waals surface area contributed by atoms with Gasteiger partial charge < -0.3 is 20.1 Å². The number of fused-ring (bicyclic) bond motifs is 1. The number of nitrogens with zero attached hydrogens (tertiary/aromatic N) is 5. The van der Waals surface area contributed by atoms with E-state index in [1.165, 1.54) is 0 Å².